The van der Waals surface area contributed by atoms with Gasteiger partial charge in [-0.1, -0.05) is 20.8 Å². The van der Waals surface area contributed by atoms with Gasteiger partial charge in [-0.05, 0) is 74.3 Å². The number of pyridine rings is 1. The fourth-order valence-electron chi connectivity index (χ4n) is 4.16. The molecule has 6 nitrogen and oxygen atoms in total. The quantitative estimate of drug-likeness (QED) is 0.304. The number of hydrogen-bond acceptors (Lipinski definition) is 7. The van der Waals surface area contributed by atoms with Crippen LogP contribution in [-0.2, 0) is 10.2 Å². The van der Waals surface area contributed by atoms with E-state index < -0.39 is 14.1 Å². The van der Waals surface area contributed by atoms with Crippen LogP contribution < -0.4 is 10.1 Å². The number of thioether (sulfide) groups is 1. The van der Waals surface area contributed by atoms with Crippen molar-refractivity contribution in [3.05, 3.63) is 48.2 Å². The molecule has 194 valence electrons. The Hall–Kier alpha value is -2.23. The minimum atomic E-state index is -1.81. The van der Waals surface area contributed by atoms with Crippen molar-refractivity contribution in [2.45, 2.75) is 82.5 Å². The molecule has 36 heavy (non-hydrogen) atoms. The van der Waals surface area contributed by atoms with E-state index in [1.165, 1.54) is 6.07 Å². The van der Waals surface area contributed by atoms with Crippen molar-refractivity contribution < 1.29 is 13.6 Å². The molecule has 0 unspecified atom stereocenters. The standard InChI is InChI=1S/C27H37FN4O2SSi/c1-27(2,3)36(5,6)34-22-10-8-21(9-11-22)33-25-23(28)12-7-18-16-30-26(32-24(18)25)31-19-13-14-29-20(15-19)17-35-4/h7,12-16,21-22H,8-11,17H2,1-6H3,(H,29,30,31,32). The lowest BCUT2D eigenvalue weighted by atomic mass is 9.95. The molecule has 0 spiro atoms. The van der Waals surface area contributed by atoms with Gasteiger partial charge in [-0.15, -0.1) is 0 Å². The smallest absolute Gasteiger partial charge is 0.227 e. The summed E-state index contributed by atoms with van der Waals surface area (Å²) in [5, 5.41) is 4.15. The molecule has 0 aliphatic heterocycles. The Morgan fingerprint density at radius 2 is 1.81 bits per heavy atom. The van der Waals surface area contributed by atoms with E-state index in [4.69, 9.17) is 9.16 Å². The molecule has 2 heterocycles. The van der Waals surface area contributed by atoms with Crippen LogP contribution in [0.1, 0.15) is 52.1 Å². The minimum absolute atomic E-state index is 0.0648. The SMILES string of the molecule is CSCc1cc(Nc2ncc3ccc(F)c(OC4CCC(O[Si](C)(C)C(C)(C)C)CC4)c3n2)ccn1. The van der Waals surface area contributed by atoms with E-state index in [1.807, 2.05) is 18.4 Å². The maximum atomic E-state index is 15.0. The van der Waals surface area contributed by atoms with Gasteiger partial charge in [-0.3, -0.25) is 4.98 Å². The summed E-state index contributed by atoms with van der Waals surface area (Å²) < 4.78 is 27.8. The van der Waals surface area contributed by atoms with Gasteiger partial charge >= 0.3 is 0 Å². The van der Waals surface area contributed by atoms with Crippen molar-refractivity contribution in [3.8, 4) is 5.75 Å². The number of nitrogens with zero attached hydrogens (tertiary/aromatic N) is 3. The molecule has 3 aromatic rings. The van der Waals surface area contributed by atoms with E-state index in [9.17, 15) is 4.39 Å². The van der Waals surface area contributed by atoms with Gasteiger partial charge in [-0.2, -0.15) is 11.8 Å². The predicted octanol–water partition coefficient (Wildman–Crippen LogP) is 7.48. The highest BCUT2D eigenvalue weighted by Gasteiger charge is 2.40. The molecule has 2 aromatic heterocycles. The molecule has 9 heteroatoms. The van der Waals surface area contributed by atoms with Gasteiger partial charge in [0.15, 0.2) is 19.9 Å². The Kier molecular flexibility index (Phi) is 8.21. The number of hydrogen-bond donors (Lipinski definition) is 1. The molecule has 0 atom stereocenters. The maximum absolute atomic E-state index is 15.0. The second kappa shape index (κ2) is 11.0. The number of rotatable bonds is 8. The van der Waals surface area contributed by atoms with Crippen molar-refractivity contribution in [1.82, 2.24) is 15.0 Å². The van der Waals surface area contributed by atoms with Crippen LogP contribution >= 0.6 is 11.8 Å². The Balaban J connectivity index is 1.48. The zero-order chi connectivity index (χ0) is 25.9. The molecule has 0 saturated heterocycles. The molecule has 1 fully saturated rings. The van der Waals surface area contributed by atoms with E-state index in [1.54, 1.807) is 30.2 Å². The summed E-state index contributed by atoms with van der Waals surface area (Å²) in [4.78, 5) is 13.4. The first kappa shape index (κ1) is 26.8. The van der Waals surface area contributed by atoms with E-state index in [-0.39, 0.29) is 23.0 Å². The van der Waals surface area contributed by atoms with Crippen molar-refractivity contribution >= 4 is 42.6 Å². The number of aromatic nitrogens is 3. The van der Waals surface area contributed by atoms with Crippen molar-refractivity contribution in [1.29, 1.82) is 0 Å². The van der Waals surface area contributed by atoms with E-state index in [0.29, 0.717) is 11.5 Å². The van der Waals surface area contributed by atoms with Crippen molar-refractivity contribution in [3.63, 3.8) is 0 Å². The van der Waals surface area contributed by atoms with E-state index >= 15 is 0 Å². The lowest BCUT2D eigenvalue weighted by molar-refractivity contribution is 0.0713. The largest absolute Gasteiger partial charge is 0.485 e. The minimum Gasteiger partial charge on any atom is -0.485 e. The monoisotopic (exact) mass is 528 g/mol. The summed E-state index contributed by atoms with van der Waals surface area (Å²) in [6.45, 7) is 11.4. The van der Waals surface area contributed by atoms with E-state index in [2.05, 4.69) is 54.1 Å². The fraction of sp³-hybridized carbons (Fsp3) is 0.519. The Labute approximate surface area is 219 Å². The summed E-state index contributed by atoms with van der Waals surface area (Å²) in [6.07, 6.45) is 9.19. The number of ether oxygens (including phenoxy) is 1. The lowest BCUT2D eigenvalue weighted by Gasteiger charge is -2.41. The van der Waals surface area contributed by atoms with Crippen molar-refractivity contribution in [2.75, 3.05) is 11.6 Å². The number of nitrogens with one attached hydrogen (secondary N) is 1. The molecular weight excluding hydrogens is 491 g/mol. The normalized spacial score (nSPS) is 18.9. The highest BCUT2D eigenvalue weighted by molar-refractivity contribution is 7.97. The van der Waals surface area contributed by atoms with Gasteiger partial charge < -0.3 is 14.5 Å². The van der Waals surface area contributed by atoms with Gasteiger partial charge in [0.05, 0.1) is 11.8 Å². The fourth-order valence-corrected chi connectivity index (χ4v) is 6.04. The third kappa shape index (κ3) is 6.36. The molecular formula is C27H37FN4O2SSi. The highest BCUT2D eigenvalue weighted by atomic mass is 32.2. The zero-order valence-corrected chi connectivity index (χ0v) is 23.9. The lowest BCUT2D eigenvalue weighted by Crippen LogP contribution is -2.45. The molecule has 1 aliphatic rings. The topological polar surface area (TPSA) is 69.2 Å². The third-order valence-electron chi connectivity index (χ3n) is 7.20. The van der Waals surface area contributed by atoms with Crippen LogP contribution in [0.3, 0.4) is 0 Å². The molecule has 0 amide bonds. The second-order valence-corrected chi connectivity index (χ2v) is 16.6. The Morgan fingerprint density at radius 1 is 1.08 bits per heavy atom. The molecule has 0 radical (unpaired) electrons. The molecule has 1 aliphatic carbocycles. The molecule has 0 bridgehead atoms. The Morgan fingerprint density at radius 3 is 2.50 bits per heavy atom. The number of fused-ring (bicyclic) bond motifs is 1. The van der Waals surface area contributed by atoms with Crippen LogP contribution in [0.2, 0.25) is 18.1 Å². The summed E-state index contributed by atoms with van der Waals surface area (Å²) in [7, 11) is -1.81. The number of anilines is 2. The van der Waals surface area contributed by atoms with Crippen LogP contribution in [0.4, 0.5) is 16.0 Å². The number of benzene rings is 1. The van der Waals surface area contributed by atoms with E-state index in [0.717, 1.165) is 48.2 Å². The van der Waals surface area contributed by atoms with Gasteiger partial charge in [0, 0.05) is 35.3 Å². The zero-order valence-electron chi connectivity index (χ0n) is 22.1. The van der Waals surface area contributed by atoms with Gasteiger partial charge in [-0.25, -0.2) is 14.4 Å². The summed E-state index contributed by atoms with van der Waals surface area (Å²) in [6, 6.07) is 6.95. The first-order valence-electron chi connectivity index (χ1n) is 12.6. The summed E-state index contributed by atoms with van der Waals surface area (Å²) in [5.74, 6) is 1.01. The summed E-state index contributed by atoms with van der Waals surface area (Å²) >= 11 is 1.71. The van der Waals surface area contributed by atoms with Crippen LogP contribution in [0.15, 0.2) is 36.7 Å². The first-order valence-corrected chi connectivity index (χ1v) is 16.9. The third-order valence-corrected chi connectivity index (χ3v) is 12.3. The maximum Gasteiger partial charge on any atom is 0.227 e. The second-order valence-electron chi connectivity index (χ2n) is 11.0. The van der Waals surface area contributed by atoms with Gasteiger partial charge in [0.2, 0.25) is 5.95 Å². The molecule has 1 aromatic carbocycles. The van der Waals surface area contributed by atoms with Crippen LogP contribution in [0, 0.1) is 5.82 Å². The van der Waals surface area contributed by atoms with Gasteiger partial charge in [0.25, 0.3) is 0 Å². The van der Waals surface area contributed by atoms with Crippen LogP contribution in [0.5, 0.6) is 5.75 Å². The Bertz CT molecular complexity index is 1200. The molecule has 1 saturated carbocycles. The predicted molar refractivity (Wildman–Crippen MR) is 149 cm³/mol. The highest BCUT2D eigenvalue weighted by Crippen LogP contribution is 2.40. The first-order chi connectivity index (χ1) is 17.1. The average Bonchev–Trinajstić information content (AvgIpc) is 2.82. The summed E-state index contributed by atoms with van der Waals surface area (Å²) in [5.41, 5.74) is 2.29. The van der Waals surface area contributed by atoms with Crippen LogP contribution in [-0.4, -0.2) is 41.7 Å². The molecule has 1 N–H and O–H groups in total. The molecule has 4 rings (SSSR count). The van der Waals surface area contributed by atoms with Crippen LogP contribution in [0.25, 0.3) is 10.9 Å². The van der Waals surface area contributed by atoms with Gasteiger partial charge in [0.1, 0.15) is 5.52 Å². The average molecular weight is 529 g/mol. The van der Waals surface area contributed by atoms with Crippen molar-refractivity contribution in [2.24, 2.45) is 0 Å². The number of halogens is 1.